The molecule has 1 aromatic rings. The van der Waals surface area contributed by atoms with Crippen molar-refractivity contribution in [3.05, 3.63) is 35.4 Å². The highest BCUT2D eigenvalue weighted by Crippen LogP contribution is 2.13. The molecular weight excluding hydrogens is 212 g/mol. The van der Waals surface area contributed by atoms with E-state index in [1.807, 2.05) is 13.8 Å². The van der Waals surface area contributed by atoms with Gasteiger partial charge in [0.15, 0.2) is 11.6 Å². The number of amides is 1. The van der Waals surface area contributed by atoms with Gasteiger partial charge in [0.2, 0.25) is 0 Å². The maximum absolute atomic E-state index is 13.3. The molecule has 1 amide bonds. The molecule has 16 heavy (non-hydrogen) atoms. The lowest BCUT2D eigenvalue weighted by atomic mass is 10.1. The van der Waals surface area contributed by atoms with Crippen molar-refractivity contribution in [2.24, 2.45) is 5.92 Å². The molecule has 0 saturated heterocycles. The smallest absolute Gasteiger partial charge is 0.256 e. The summed E-state index contributed by atoms with van der Waals surface area (Å²) in [5.74, 6) is -2.29. The molecule has 0 saturated carbocycles. The van der Waals surface area contributed by atoms with Crippen LogP contribution >= 0.6 is 0 Å². The summed E-state index contributed by atoms with van der Waals surface area (Å²) in [5, 5.41) is 0. The summed E-state index contributed by atoms with van der Waals surface area (Å²) in [7, 11) is 1.58. The Morgan fingerprint density at radius 3 is 2.56 bits per heavy atom. The van der Waals surface area contributed by atoms with Gasteiger partial charge in [-0.3, -0.25) is 4.79 Å². The highest BCUT2D eigenvalue weighted by Gasteiger charge is 2.18. The van der Waals surface area contributed by atoms with Crippen LogP contribution in [0.4, 0.5) is 8.78 Å². The Hall–Kier alpha value is -1.45. The first-order valence-electron chi connectivity index (χ1n) is 5.13. The van der Waals surface area contributed by atoms with Crippen molar-refractivity contribution in [1.29, 1.82) is 0 Å². The highest BCUT2D eigenvalue weighted by atomic mass is 19.2. The second kappa shape index (κ2) is 5.05. The van der Waals surface area contributed by atoms with Gasteiger partial charge in [-0.1, -0.05) is 19.9 Å². The van der Waals surface area contributed by atoms with Crippen molar-refractivity contribution >= 4 is 5.91 Å². The number of halogens is 2. The number of rotatable bonds is 3. The lowest BCUT2D eigenvalue weighted by molar-refractivity contribution is 0.0773. The zero-order chi connectivity index (χ0) is 12.3. The number of hydrogen-bond acceptors (Lipinski definition) is 1. The fourth-order valence-electron chi connectivity index (χ4n) is 1.51. The fraction of sp³-hybridized carbons (Fsp3) is 0.417. The van der Waals surface area contributed by atoms with E-state index in [2.05, 4.69) is 0 Å². The van der Waals surface area contributed by atoms with Crippen molar-refractivity contribution in [2.75, 3.05) is 13.6 Å². The molecule has 0 fully saturated rings. The lowest BCUT2D eigenvalue weighted by Gasteiger charge is -2.19. The van der Waals surface area contributed by atoms with E-state index in [4.69, 9.17) is 0 Å². The molecule has 1 rings (SSSR count). The van der Waals surface area contributed by atoms with Gasteiger partial charge < -0.3 is 4.90 Å². The normalized spacial score (nSPS) is 10.6. The van der Waals surface area contributed by atoms with Crippen molar-refractivity contribution in [3.63, 3.8) is 0 Å². The van der Waals surface area contributed by atoms with Gasteiger partial charge in [-0.25, -0.2) is 8.78 Å². The molecular formula is C12H15F2NO. The summed E-state index contributed by atoms with van der Waals surface area (Å²) in [6.07, 6.45) is 0. The number of carbonyl (C=O) groups excluding carboxylic acids is 1. The standard InChI is InChI=1S/C12H15F2NO/c1-8(2)7-15(3)12(16)9-5-4-6-10(13)11(9)14/h4-6,8H,7H2,1-3H3. The SMILES string of the molecule is CC(C)CN(C)C(=O)c1cccc(F)c1F. The number of hydrogen-bond donors (Lipinski definition) is 0. The molecule has 0 unspecified atom stereocenters. The molecule has 0 atom stereocenters. The average Bonchev–Trinajstić information content (AvgIpc) is 2.20. The second-order valence-electron chi connectivity index (χ2n) is 4.18. The van der Waals surface area contributed by atoms with E-state index in [0.717, 1.165) is 6.07 Å². The van der Waals surface area contributed by atoms with Gasteiger partial charge in [0.1, 0.15) is 0 Å². The van der Waals surface area contributed by atoms with Gasteiger partial charge in [0.05, 0.1) is 5.56 Å². The Morgan fingerprint density at radius 1 is 1.38 bits per heavy atom. The third kappa shape index (κ3) is 2.78. The minimum atomic E-state index is -1.08. The maximum atomic E-state index is 13.3. The summed E-state index contributed by atoms with van der Waals surface area (Å²) in [5.41, 5.74) is -0.219. The Bertz CT molecular complexity index is 391. The molecule has 0 aromatic heterocycles. The first-order valence-corrected chi connectivity index (χ1v) is 5.13. The third-order valence-corrected chi connectivity index (χ3v) is 2.17. The Labute approximate surface area is 93.9 Å². The molecule has 0 bridgehead atoms. The molecule has 0 heterocycles. The Balaban J connectivity index is 2.92. The molecule has 1 aromatic carbocycles. The molecule has 0 spiro atoms. The number of carbonyl (C=O) groups is 1. The molecule has 4 heteroatoms. The van der Waals surface area contributed by atoms with Crippen LogP contribution in [0, 0.1) is 17.6 Å². The zero-order valence-electron chi connectivity index (χ0n) is 9.63. The summed E-state index contributed by atoms with van der Waals surface area (Å²) >= 11 is 0. The van der Waals surface area contributed by atoms with E-state index in [9.17, 15) is 13.6 Å². The minimum absolute atomic E-state index is 0.219. The van der Waals surface area contributed by atoms with Crippen molar-refractivity contribution in [1.82, 2.24) is 4.90 Å². The molecule has 0 aliphatic heterocycles. The van der Waals surface area contributed by atoms with Gasteiger partial charge in [0.25, 0.3) is 5.91 Å². The van der Waals surface area contributed by atoms with Crippen LogP contribution in [0.1, 0.15) is 24.2 Å². The van der Waals surface area contributed by atoms with Crippen LogP contribution in [-0.4, -0.2) is 24.4 Å². The van der Waals surface area contributed by atoms with Crippen LogP contribution in [0.5, 0.6) is 0 Å². The lowest BCUT2D eigenvalue weighted by Crippen LogP contribution is -2.31. The summed E-state index contributed by atoms with van der Waals surface area (Å²) < 4.78 is 26.2. The second-order valence-corrected chi connectivity index (χ2v) is 4.18. The van der Waals surface area contributed by atoms with Gasteiger partial charge in [-0.05, 0) is 18.1 Å². The van der Waals surface area contributed by atoms with E-state index in [0.29, 0.717) is 6.54 Å². The van der Waals surface area contributed by atoms with Gasteiger partial charge in [-0.15, -0.1) is 0 Å². The van der Waals surface area contributed by atoms with Crippen LogP contribution in [0.3, 0.4) is 0 Å². The number of benzene rings is 1. The summed E-state index contributed by atoms with van der Waals surface area (Å²) in [6, 6.07) is 3.61. The van der Waals surface area contributed by atoms with E-state index in [1.165, 1.54) is 17.0 Å². The van der Waals surface area contributed by atoms with E-state index in [-0.39, 0.29) is 11.5 Å². The minimum Gasteiger partial charge on any atom is -0.341 e. The monoisotopic (exact) mass is 227 g/mol. The van der Waals surface area contributed by atoms with Crippen LogP contribution in [0.25, 0.3) is 0 Å². The van der Waals surface area contributed by atoms with Crippen LogP contribution in [-0.2, 0) is 0 Å². The predicted octanol–water partition coefficient (Wildman–Crippen LogP) is 2.69. The molecule has 0 N–H and O–H groups in total. The van der Waals surface area contributed by atoms with E-state index >= 15 is 0 Å². The van der Waals surface area contributed by atoms with Crippen molar-refractivity contribution in [2.45, 2.75) is 13.8 Å². The molecule has 2 nitrogen and oxygen atoms in total. The van der Waals surface area contributed by atoms with E-state index in [1.54, 1.807) is 7.05 Å². The van der Waals surface area contributed by atoms with Crippen molar-refractivity contribution < 1.29 is 13.6 Å². The fourth-order valence-corrected chi connectivity index (χ4v) is 1.51. The van der Waals surface area contributed by atoms with Gasteiger partial charge >= 0.3 is 0 Å². The largest absolute Gasteiger partial charge is 0.341 e. The molecule has 0 aliphatic carbocycles. The first-order chi connectivity index (χ1) is 7.43. The van der Waals surface area contributed by atoms with E-state index < -0.39 is 17.5 Å². The van der Waals surface area contributed by atoms with Crippen LogP contribution < -0.4 is 0 Å². The Kier molecular flexibility index (Phi) is 3.99. The topological polar surface area (TPSA) is 20.3 Å². The summed E-state index contributed by atoms with van der Waals surface area (Å²) in [6.45, 7) is 4.41. The quantitative estimate of drug-likeness (QED) is 0.777. The summed E-state index contributed by atoms with van der Waals surface area (Å²) in [4.78, 5) is 13.2. The van der Waals surface area contributed by atoms with Crippen LogP contribution in [0.15, 0.2) is 18.2 Å². The first kappa shape index (κ1) is 12.6. The molecule has 0 radical (unpaired) electrons. The predicted molar refractivity (Wildman–Crippen MR) is 58.2 cm³/mol. The highest BCUT2D eigenvalue weighted by molar-refractivity contribution is 5.94. The third-order valence-electron chi connectivity index (χ3n) is 2.17. The van der Waals surface area contributed by atoms with Gasteiger partial charge in [-0.2, -0.15) is 0 Å². The zero-order valence-corrected chi connectivity index (χ0v) is 9.63. The molecule has 0 aliphatic rings. The molecule has 88 valence electrons. The average molecular weight is 227 g/mol. The van der Waals surface area contributed by atoms with Crippen molar-refractivity contribution in [3.8, 4) is 0 Å². The Morgan fingerprint density at radius 2 is 2.00 bits per heavy atom. The number of nitrogens with zero attached hydrogens (tertiary/aromatic N) is 1. The van der Waals surface area contributed by atoms with Gasteiger partial charge in [0, 0.05) is 13.6 Å². The van der Waals surface area contributed by atoms with Crippen LogP contribution in [0.2, 0.25) is 0 Å². The maximum Gasteiger partial charge on any atom is 0.256 e.